The first-order valence-corrected chi connectivity index (χ1v) is 13.6. The Bertz CT molecular complexity index is 1370. The molecule has 2 aliphatic heterocycles. The zero-order chi connectivity index (χ0) is 25.9. The predicted octanol–water partition coefficient (Wildman–Crippen LogP) is 4.43. The highest BCUT2D eigenvalue weighted by Crippen LogP contribution is 2.36. The van der Waals surface area contributed by atoms with Crippen LogP contribution in [0.1, 0.15) is 46.0 Å². The van der Waals surface area contributed by atoms with Crippen LogP contribution in [-0.4, -0.2) is 46.6 Å². The normalized spacial score (nSPS) is 19.0. The highest BCUT2D eigenvalue weighted by atomic mass is 32.2. The van der Waals surface area contributed by atoms with Crippen LogP contribution >= 0.6 is 0 Å². The van der Waals surface area contributed by atoms with E-state index in [0.29, 0.717) is 59.1 Å². The number of hydrogen-bond donors (Lipinski definition) is 0. The molecule has 0 N–H and O–H groups in total. The van der Waals surface area contributed by atoms with Crippen molar-refractivity contribution < 1.29 is 23.3 Å². The van der Waals surface area contributed by atoms with Gasteiger partial charge in [-0.1, -0.05) is 42.5 Å². The van der Waals surface area contributed by atoms with Gasteiger partial charge in [0, 0.05) is 18.7 Å². The molecule has 3 aromatic carbocycles. The molecular weight excluding hydrogens is 488 g/mol. The summed E-state index contributed by atoms with van der Waals surface area (Å²) < 4.78 is 18.8. The van der Waals surface area contributed by atoms with Gasteiger partial charge in [0.25, 0.3) is 11.8 Å². The van der Waals surface area contributed by atoms with E-state index in [1.165, 1.54) is 0 Å². The molecular formula is C29H28N2O5S. The Morgan fingerprint density at radius 3 is 2.54 bits per heavy atom. The molecule has 1 saturated heterocycles. The predicted molar refractivity (Wildman–Crippen MR) is 140 cm³/mol. The third-order valence-corrected chi connectivity index (χ3v) is 8.27. The number of likely N-dealkylation sites (tertiary alicyclic amines) is 1. The largest absolute Gasteiger partial charge is 0.466 e. The number of nitrogens with zero attached hydrogens (tertiary/aromatic N) is 2. The second-order valence-electron chi connectivity index (χ2n) is 9.17. The van der Waals surface area contributed by atoms with E-state index >= 15 is 0 Å². The van der Waals surface area contributed by atoms with E-state index in [2.05, 4.69) is 0 Å². The summed E-state index contributed by atoms with van der Waals surface area (Å²) in [7, 11) is -1.60. The van der Waals surface area contributed by atoms with Crippen molar-refractivity contribution >= 4 is 34.3 Å². The van der Waals surface area contributed by atoms with Crippen molar-refractivity contribution in [3.8, 4) is 0 Å². The monoisotopic (exact) mass is 516 g/mol. The summed E-state index contributed by atoms with van der Waals surface area (Å²) in [5.41, 5.74) is 2.14. The van der Waals surface area contributed by atoms with Gasteiger partial charge in [-0.3, -0.25) is 14.4 Å². The van der Waals surface area contributed by atoms with Gasteiger partial charge in [0.1, 0.15) is 0 Å². The average Bonchev–Trinajstić information content (AvgIpc) is 3.02. The van der Waals surface area contributed by atoms with Crippen LogP contribution in [0.15, 0.2) is 82.6 Å². The molecule has 0 bridgehead atoms. The Kier molecular flexibility index (Phi) is 7.19. The lowest BCUT2D eigenvalue weighted by molar-refractivity contribution is -0.149. The highest BCUT2D eigenvalue weighted by Gasteiger charge is 2.33. The van der Waals surface area contributed by atoms with Crippen molar-refractivity contribution in [2.45, 2.75) is 36.1 Å². The number of piperidine rings is 1. The Hall–Kier alpha value is -3.78. The quantitative estimate of drug-likeness (QED) is 0.469. The Morgan fingerprint density at radius 2 is 1.76 bits per heavy atom. The first-order chi connectivity index (χ1) is 18.0. The molecule has 0 saturated carbocycles. The molecule has 0 spiro atoms. The zero-order valence-electron chi connectivity index (χ0n) is 20.6. The molecule has 0 aromatic heterocycles. The standard InChI is InChI=1S/C29H28N2O5S/c1-2-36-29(34)22-11-8-16-30(19-22)27(32)21-14-15-26-24(17-21)31(18-20-9-4-3-5-10-20)28(33)23-12-6-7-13-25(23)37(26)35/h3-7,9-10,12-15,17,22H,2,8,11,16,18-19H2,1H3/t22-,37-/m0/s1. The SMILES string of the molecule is CCOC(=O)[C@H]1CCCN(C(=O)c2ccc3c(c2)N(Cc2ccccc2)C(=O)c2ccccc2[S@@]3=O)C1. The lowest BCUT2D eigenvalue weighted by Gasteiger charge is -2.32. The molecule has 0 unspecified atom stereocenters. The fourth-order valence-electron chi connectivity index (χ4n) is 4.92. The van der Waals surface area contributed by atoms with Crippen molar-refractivity contribution in [3.63, 3.8) is 0 Å². The van der Waals surface area contributed by atoms with Gasteiger partial charge >= 0.3 is 5.97 Å². The summed E-state index contributed by atoms with van der Waals surface area (Å²) in [4.78, 5) is 43.8. The maximum absolute atomic E-state index is 13.8. The molecule has 37 heavy (non-hydrogen) atoms. The second-order valence-corrected chi connectivity index (χ2v) is 10.6. The van der Waals surface area contributed by atoms with E-state index in [4.69, 9.17) is 4.74 Å². The van der Waals surface area contributed by atoms with E-state index < -0.39 is 10.8 Å². The summed E-state index contributed by atoms with van der Waals surface area (Å²) in [6, 6.07) is 21.5. The maximum Gasteiger partial charge on any atom is 0.310 e. The second kappa shape index (κ2) is 10.7. The Labute approximate surface area is 218 Å². The van der Waals surface area contributed by atoms with E-state index in [-0.39, 0.29) is 30.2 Å². The fraction of sp³-hybridized carbons (Fsp3) is 0.276. The number of hydrogen-bond acceptors (Lipinski definition) is 5. The van der Waals surface area contributed by atoms with Crippen LogP contribution in [0.3, 0.4) is 0 Å². The summed E-state index contributed by atoms with van der Waals surface area (Å²) in [6.45, 7) is 3.17. The van der Waals surface area contributed by atoms with Crippen LogP contribution in [0.4, 0.5) is 5.69 Å². The van der Waals surface area contributed by atoms with Gasteiger partial charge in [0.2, 0.25) is 0 Å². The molecule has 0 radical (unpaired) electrons. The van der Waals surface area contributed by atoms with Gasteiger partial charge in [-0.2, -0.15) is 0 Å². The number of carbonyl (C=O) groups excluding carboxylic acids is 3. The summed E-state index contributed by atoms with van der Waals surface area (Å²) in [6.07, 6.45) is 1.39. The molecule has 0 aliphatic carbocycles. The molecule has 1 fully saturated rings. The minimum absolute atomic E-state index is 0.226. The number of benzene rings is 3. The third kappa shape index (κ3) is 4.93. The molecule has 2 atom stereocenters. The topological polar surface area (TPSA) is 84.0 Å². The number of fused-ring (bicyclic) bond motifs is 2. The number of esters is 1. The molecule has 7 nitrogen and oxygen atoms in total. The van der Waals surface area contributed by atoms with Crippen LogP contribution in [0.5, 0.6) is 0 Å². The highest BCUT2D eigenvalue weighted by molar-refractivity contribution is 7.85. The van der Waals surface area contributed by atoms with Crippen LogP contribution in [-0.2, 0) is 26.9 Å². The lowest BCUT2D eigenvalue weighted by atomic mass is 9.97. The number of amides is 2. The van der Waals surface area contributed by atoms with Crippen molar-refractivity contribution in [1.82, 2.24) is 4.90 Å². The minimum Gasteiger partial charge on any atom is -0.466 e. The van der Waals surface area contributed by atoms with Crippen molar-refractivity contribution in [2.75, 3.05) is 24.6 Å². The molecule has 2 heterocycles. The first kappa shape index (κ1) is 24.9. The number of carbonyl (C=O) groups is 3. The van der Waals surface area contributed by atoms with E-state index in [9.17, 15) is 18.6 Å². The third-order valence-electron chi connectivity index (χ3n) is 6.77. The van der Waals surface area contributed by atoms with Crippen LogP contribution in [0.25, 0.3) is 0 Å². The van der Waals surface area contributed by atoms with Crippen molar-refractivity contribution in [3.05, 3.63) is 89.5 Å². The fourth-order valence-corrected chi connectivity index (χ4v) is 6.26. The molecule has 190 valence electrons. The zero-order valence-corrected chi connectivity index (χ0v) is 21.4. The van der Waals surface area contributed by atoms with Gasteiger partial charge in [-0.15, -0.1) is 0 Å². The Balaban J connectivity index is 1.53. The van der Waals surface area contributed by atoms with Gasteiger partial charge in [0.05, 0.1) is 50.9 Å². The van der Waals surface area contributed by atoms with E-state index in [1.807, 2.05) is 30.3 Å². The number of rotatable bonds is 5. The first-order valence-electron chi connectivity index (χ1n) is 12.4. The van der Waals surface area contributed by atoms with Crippen molar-refractivity contribution in [1.29, 1.82) is 0 Å². The minimum atomic E-state index is -1.60. The molecule has 8 heteroatoms. The van der Waals surface area contributed by atoms with E-state index in [1.54, 1.807) is 59.2 Å². The molecule has 2 amide bonds. The molecule has 3 aromatic rings. The van der Waals surface area contributed by atoms with Crippen LogP contribution < -0.4 is 4.90 Å². The number of anilines is 1. The van der Waals surface area contributed by atoms with Crippen LogP contribution in [0, 0.1) is 5.92 Å². The average molecular weight is 517 g/mol. The maximum atomic E-state index is 13.8. The van der Waals surface area contributed by atoms with Crippen molar-refractivity contribution in [2.24, 2.45) is 5.92 Å². The Morgan fingerprint density at radius 1 is 1.00 bits per heavy atom. The lowest BCUT2D eigenvalue weighted by Crippen LogP contribution is -2.43. The van der Waals surface area contributed by atoms with Gasteiger partial charge in [0.15, 0.2) is 0 Å². The summed E-state index contributed by atoms with van der Waals surface area (Å²) >= 11 is 0. The van der Waals surface area contributed by atoms with Gasteiger partial charge < -0.3 is 14.5 Å². The number of ether oxygens (including phenoxy) is 1. The smallest absolute Gasteiger partial charge is 0.310 e. The molecule has 5 rings (SSSR count). The molecule has 2 aliphatic rings. The summed E-state index contributed by atoms with van der Waals surface area (Å²) in [5, 5.41) is 0. The van der Waals surface area contributed by atoms with Gasteiger partial charge in [-0.25, -0.2) is 4.21 Å². The van der Waals surface area contributed by atoms with Crippen LogP contribution in [0.2, 0.25) is 0 Å². The summed E-state index contributed by atoms with van der Waals surface area (Å²) in [5.74, 6) is -1.13. The van der Waals surface area contributed by atoms with E-state index in [0.717, 1.165) is 5.56 Å². The van der Waals surface area contributed by atoms with Gasteiger partial charge in [-0.05, 0) is 55.7 Å².